The van der Waals surface area contributed by atoms with E-state index in [1.807, 2.05) is 37.3 Å². The maximum absolute atomic E-state index is 13.8. The Labute approximate surface area is 163 Å². The normalized spacial score (nSPS) is 13.5. The van der Waals surface area contributed by atoms with E-state index in [0.717, 1.165) is 18.1 Å². The first-order valence-electron chi connectivity index (χ1n) is 9.37. The molecule has 1 heterocycles. The van der Waals surface area contributed by atoms with Crippen molar-refractivity contribution in [1.29, 1.82) is 0 Å². The molecule has 146 valence electrons. The number of nitrogens with zero attached hydrogens (tertiary/aromatic N) is 1. The molecule has 0 fully saturated rings. The molecule has 0 saturated heterocycles. The molecule has 0 bridgehead atoms. The Morgan fingerprint density at radius 3 is 2.54 bits per heavy atom. The number of halogens is 2. The molecule has 3 rings (SSSR count). The van der Waals surface area contributed by atoms with Crippen LogP contribution in [0.1, 0.15) is 43.1 Å². The van der Waals surface area contributed by atoms with Crippen LogP contribution in [0.15, 0.2) is 54.7 Å². The van der Waals surface area contributed by atoms with Crippen LogP contribution in [0.3, 0.4) is 0 Å². The first kappa shape index (κ1) is 19.9. The molecule has 0 spiro atoms. The lowest BCUT2D eigenvalue weighted by Gasteiger charge is -2.33. The summed E-state index contributed by atoms with van der Waals surface area (Å²) < 4.78 is 27.2. The van der Waals surface area contributed by atoms with Crippen LogP contribution >= 0.6 is 0 Å². The topological polar surface area (TPSA) is 42.0 Å². The molecule has 1 aromatic heterocycles. The lowest BCUT2D eigenvalue weighted by molar-refractivity contribution is 0.0894. The van der Waals surface area contributed by atoms with Crippen molar-refractivity contribution in [3.63, 3.8) is 0 Å². The number of benzene rings is 2. The number of nitrogens with one attached hydrogen (secondary N) is 1. The highest BCUT2D eigenvalue weighted by Crippen LogP contribution is 2.24. The molecule has 0 aliphatic heterocycles. The molecule has 1 N–H and O–H groups in total. The zero-order valence-corrected chi connectivity index (χ0v) is 16.3. The van der Waals surface area contributed by atoms with Gasteiger partial charge in [-0.25, -0.2) is 8.78 Å². The number of pyridine rings is 1. The van der Waals surface area contributed by atoms with E-state index in [2.05, 4.69) is 24.1 Å². The molecule has 5 heteroatoms. The number of amides is 1. The predicted molar refractivity (Wildman–Crippen MR) is 107 cm³/mol. The van der Waals surface area contributed by atoms with Crippen molar-refractivity contribution >= 4 is 16.8 Å². The second kappa shape index (κ2) is 8.05. The molecule has 0 aliphatic rings. The lowest BCUT2D eigenvalue weighted by atomic mass is 9.84. The van der Waals surface area contributed by atoms with E-state index in [9.17, 15) is 13.6 Å². The summed E-state index contributed by atoms with van der Waals surface area (Å²) in [7, 11) is 0. The fourth-order valence-corrected chi connectivity index (χ4v) is 3.73. The summed E-state index contributed by atoms with van der Waals surface area (Å²) in [6, 6.07) is 14.0. The summed E-state index contributed by atoms with van der Waals surface area (Å²) in [4.78, 5) is 16.9. The van der Waals surface area contributed by atoms with E-state index in [1.54, 1.807) is 6.07 Å². The molecule has 3 aromatic rings. The van der Waals surface area contributed by atoms with Crippen molar-refractivity contribution in [3.05, 3.63) is 77.5 Å². The van der Waals surface area contributed by atoms with Gasteiger partial charge in [-0.1, -0.05) is 44.2 Å². The van der Waals surface area contributed by atoms with Crippen molar-refractivity contribution in [2.45, 2.75) is 39.2 Å². The Balaban J connectivity index is 1.87. The van der Waals surface area contributed by atoms with Crippen molar-refractivity contribution in [3.8, 4) is 0 Å². The van der Waals surface area contributed by atoms with Gasteiger partial charge in [-0.3, -0.25) is 9.78 Å². The number of aromatic nitrogens is 1. The minimum Gasteiger partial charge on any atom is -0.346 e. The lowest BCUT2D eigenvalue weighted by Crippen LogP contribution is -2.48. The molecule has 2 aromatic carbocycles. The van der Waals surface area contributed by atoms with Gasteiger partial charge in [0.1, 0.15) is 5.52 Å². The molecular formula is C23H24F2N2O. The monoisotopic (exact) mass is 382 g/mol. The molecule has 1 amide bonds. The molecule has 0 unspecified atom stereocenters. The Morgan fingerprint density at radius 1 is 1.14 bits per heavy atom. The average Bonchev–Trinajstić information content (AvgIpc) is 2.64. The van der Waals surface area contributed by atoms with Gasteiger partial charge in [-0.15, -0.1) is 0 Å². The zero-order valence-electron chi connectivity index (χ0n) is 16.3. The van der Waals surface area contributed by atoms with Crippen molar-refractivity contribution in [1.82, 2.24) is 10.3 Å². The quantitative estimate of drug-likeness (QED) is 0.629. The highest BCUT2D eigenvalue weighted by molar-refractivity contribution is 5.97. The summed E-state index contributed by atoms with van der Waals surface area (Å²) in [5.41, 5.74) is 0.933. The number of rotatable bonds is 6. The van der Waals surface area contributed by atoms with Crippen LogP contribution in [0.5, 0.6) is 0 Å². The zero-order chi connectivity index (χ0) is 20.3. The smallest absolute Gasteiger partial charge is 0.253 e. The van der Waals surface area contributed by atoms with Crippen LogP contribution in [0.25, 0.3) is 10.9 Å². The first-order valence-corrected chi connectivity index (χ1v) is 9.37. The summed E-state index contributed by atoms with van der Waals surface area (Å²) in [6.45, 7) is 6.26. The van der Waals surface area contributed by atoms with E-state index in [1.165, 1.54) is 12.3 Å². The van der Waals surface area contributed by atoms with Crippen LogP contribution in [0.4, 0.5) is 8.78 Å². The highest BCUT2D eigenvalue weighted by atomic mass is 19.2. The van der Waals surface area contributed by atoms with Gasteiger partial charge in [0.15, 0.2) is 11.6 Å². The number of fused-ring (bicyclic) bond motifs is 1. The third-order valence-electron chi connectivity index (χ3n) is 4.72. The fourth-order valence-electron chi connectivity index (χ4n) is 3.73. The van der Waals surface area contributed by atoms with Gasteiger partial charge in [-0.05, 0) is 49.4 Å². The van der Waals surface area contributed by atoms with Gasteiger partial charge in [0.05, 0.1) is 5.56 Å². The van der Waals surface area contributed by atoms with Gasteiger partial charge in [0, 0.05) is 17.1 Å². The van der Waals surface area contributed by atoms with Crippen LogP contribution in [0.2, 0.25) is 0 Å². The van der Waals surface area contributed by atoms with E-state index in [0.29, 0.717) is 23.3 Å². The van der Waals surface area contributed by atoms with Gasteiger partial charge >= 0.3 is 0 Å². The van der Waals surface area contributed by atoms with E-state index >= 15 is 0 Å². The Kier molecular flexibility index (Phi) is 5.73. The van der Waals surface area contributed by atoms with Crippen molar-refractivity contribution < 1.29 is 13.6 Å². The van der Waals surface area contributed by atoms with E-state index in [-0.39, 0.29) is 11.4 Å². The molecule has 0 aliphatic carbocycles. The summed E-state index contributed by atoms with van der Waals surface area (Å²) in [6.07, 6.45) is 2.78. The standard InChI is InChI=1S/C23H24F2N2O/c1-15(2)12-23(3,13-16-7-5-4-6-8-16)27-22(28)18-11-17-9-10-19(24)20(25)21(17)26-14-18/h4-11,14-15H,12-13H2,1-3H3,(H,27,28)/t23-/m0/s1. The van der Waals surface area contributed by atoms with E-state index < -0.39 is 17.2 Å². The third-order valence-corrected chi connectivity index (χ3v) is 4.72. The molecule has 0 radical (unpaired) electrons. The second-order valence-electron chi connectivity index (χ2n) is 7.93. The number of hydrogen-bond acceptors (Lipinski definition) is 2. The van der Waals surface area contributed by atoms with Crippen LogP contribution < -0.4 is 5.32 Å². The third kappa shape index (κ3) is 4.53. The summed E-state index contributed by atoms with van der Waals surface area (Å²) in [5, 5.41) is 3.52. The largest absolute Gasteiger partial charge is 0.346 e. The maximum atomic E-state index is 13.8. The Hall–Kier alpha value is -2.82. The second-order valence-corrected chi connectivity index (χ2v) is 7.93. The summed E-state index contributed by atoms with van der Waals surface area (Å²) in [5.74, 6) is -1.85. The van der Waals surface area contributed by atoms with Gasteiger partial charge in [0.2, 0.25) is 0 Å². The van der Waals surface area contributed by atoms with Crippen LogP contribution in [-0.2, 0) is 6.42 Å². The van der Waals surface area contributed by atoms with Gasteiger partial charge in [0.25, 0.3) is 5.91 Å². The Morgan fingerprint density at radius 2 is 1.86 bits per heavy atom. The molecule has 3 nitrogen and oxygen atoms in total. The predicted octanol–water partition coefficient (Wildman–Crippen LogP) is 5.29. The molecular weight excluding hydrogens is 358 g/mol. The average molecular weight is 382 g/mol. The summed E-state index contributed by atoms with van der Waals surface area (Å²) >= 11 is 0. The molecule has 1 atom stereocenters. The van der Waals surface area contributed by atoms with Crippen LogP contribution in [-0.4, -0.2) is 16.4 Å². The molecule has 28 heavy (non-hydrogen) atoms. The minimum atomic E-state index is -1.00. The minimum absolute atomic E-state index is 0.0780. The van der Waals surface area contributed by atoms with Gasteiger partial charge in [-0.2, -0.15) is 0 Å². The fraction of sp³-hybridized carbons (Fsp3) is 0.304. The highest BCUT2D eigenvalue weighted by Gasteiger charge is 2.28. The maximum Gasteiger partial charge on any atom is 0.253 e. The van der Waals surface area contributed by atoms with Gasteiger partial charge < -0.3 is 5.32 Å². The SMILES string of the molecule is CC(C)C[C@@](C)(Cc1ccccc1)NC(=O)c1cnc2c(F)c(F)ccc2c1. The van der Waals surface area contributed by atoms with Crippen LogP contribution in [0, 0.1) is 17.6 Å². The molecule has 0 saturated carbocycles. The van der Waals surface area contributed by atoms with E-state index in [4.69, 9.17) is 0 Å². The van der Waals surface area contributed by atoms with Crippen molar-refractivity contribution in [2.24, 2.45) is 5.92 Å². The van der Waals surface area contributed by atoms with Crippen molar-refractivity contribution in [2.75, 3.05) is 0 Å². The first-order chi connectivity index (χ1) is 13.3. The number of hydrogen-bond donors (Lipinski definition) is 1. The number of carbonyl (C=O) groups is 1. The number of carbonyl (C=O) groups excluding carboxylic acids is 1. The Bertz CT molecular complexity index is 989.